The number of hydrogen-bond acceptors (Lipinski definition) is 6. The van der Waals surface area contributed by atoms with Crippen LogP contribution < -0.4 is 20.3 Å². The minimum absolute atomic E-state index is 0. The van der Waals surface area contributed by atoms with Gasteiger partial charge in [-0.2, -0.15) is 0 Å². The summed E-state index contributed by atoms with van der Waals surface area (Å²) < 4.78 is 26.9. The van der Waals surface area contributed by atoms with Gasteiger partial charge in [0.15, 0.2) is 0 Å². The zero-order chi connectivity index (χ0) is 27.4. The molecule has 1 saturated heterocycles. The van der Waals surface area contributed by atoms with Gasteiger partial charge in [-0.05, 0) is 62.9 Å². The molecule has 1 aliphatic heterocycles. The molecule has 8 nitrogen and oxygen atoms in total. The van der Waals surface area contributed by atoms with E-state index in [9.17, 15) is 18.3 Å². The molecule has 1 fully saturated rings. The van der Waals surface area contributed by atoms with E-state index in [0.29, 0.717) is 49.4 Å². The lowest BCUT2D eigenvalue weighted by molar-refractivity contribution is 0.0830. The molecule has 1 aliphatic rings. The fourth-order valence-electron chi connectivity index (χ4n) is 4.74. The number of amides is 1. The number of aliphatic hydroxyl groups excluding tert-OH is 1. The van der Waals surface area contributed by atoms with Crippen LogP contribution in [0.3, 0.4) is 0 Å². The maximum absolute atomic E-state index is 13.5. The van der Waals surface area contributed by atoms with Crippen molar-refractivity contribution in [3.05, 3.63) is 59.7 Å². The van der Waals surface area contributed by atoms with Crippen LogP contribution in [0.1, 0.15) is 68.3 Å². The number of carbonyl (C=O) groups excluding carboxylic acids is 1. The molecule has 0 spiro atoms. The number of nitrogens with one attached hydrogen (secondary N) is 3. The summed E-state index contributed by atoms with van der Waals surface area (Å²) in [4.78, 5) is 13.5. The number of nitrogens with zero attached hydrogens (tertiary/aromatic N) is 1. The van der Waals surface area contributed by atoms with Crippen LogP contribution >= 0.6 is 12.4 Å². The van der Waals surface area contributed by atoms with E-state index in [-0.39, 0.29) is 24.1 Å². The van der Waals surface area contributed by atoms with Crippen LogP contribution in [-0.2, 0) is 16.4 Å². The number of rotatable bonds is 15. The van der Waals surface area contributed by atoms with E-state index in [1.165, 1.54) is 17.1 Å². The number of anilines is 2. The van der Waals surface area contributed by atoms with Gasteiger partial charge in [-0.15, -0.1) is 12.4 Å². The van der Waals surface area contributed by atoms with Crippen LogP contribution in [0.25, 0.3) is 0 Å². The number of benzene rings is 2. The van der Waals surface area contributed by atoms with Gasteiger partial charge in [0.1, 0.15) is 0 Å². The van der Waals surface area contributed by atoms with Gasteiger partial charge < -0.3 is 21.1 Å². The lowest BCUT2D eigenvalue weighted by Gasteiger charge is -2.29. The second-order valence-corrected chi connectivity index (χ2v) is 12.0. The van der Waals surface area contributed by atoms with E-state index in [1.807, 2.05) is 37.3 Å². The molecule has 2 aromatic carbocycles. The van der Waals surface area contributed by atoms with Crippen molar-refractivity contribution < 1.29 is 18.3 Å². The Kier molecular flexibility index (Phi) is 14.1. The van der Waals surface area contributed by atoms with E-state index in [0.717, 1.165) is 31.4 Å². The normalized spacial score (nSPS) is 16.1. The van der Waals surface area contributed by atoms with Crippen LogP contribution in [-0.4, -0.2) is 63.5 Å². The Morgan fingerprint density at radius 2 is 1.82 bits per heavy atom. The second kappa shape index (κ2) is 16.7. The van der Waals surface area contributed by atoms with Crippen molar-refractivity contribution in [1.29, 1.82) is 0 Å². The van der Waals surface area contributed by atoms with Crippen LogP contribution in [0.4, 0.5) is 11.4 Å². The van der Waals surface area contributed by atoms with Crippen molar-refractivity contribution in [2.45, 2.75) is 70.9 Å². The molecule has 10 heteroatoms. The van der Waals surface area contributed by atoms with E-state index in [4.69, 9.17) is 0 Å². The SMILES string of the molecule is CCCCCCNC[C@@H](O)[C@H](Cc1ccccc1)NC(=O)c1cc(NCC)cc(N2CCCCS2(=O)=O)c1.Cl. The molecule has 2 aromatic rings. The Morgan fingerprint density at radius 3 is 2.51 bits per heavy atom. The van der Waals surface area contributed by atoms with Crippen molar-refractivity contribution >= 4 is 39.7 Å². The van der Waals surface area contributed by atoms with E-state index >= 15 is 0 Å². The van der Waals surface area contributed by atoms with Crippen LogP contribution in [0.5, 0.6) is 0 Å². The fraction of sp³-hybridized carbons (Fsp3) is 0.552. The quantitative estimate of drug-likeness (QED) is 0.233. The monoisotopic (exact) mass is 580 g/mol. The highest BCUT2D eigenvalue weighted by Gasteiger charge is 2.28. The molecular formula is C29H45ClN4O4S. The minimum Gasteiger partial charge on any atom is -0.390 e. The minimum atomic E-state index is -3.42. The molecule has 2 atom stereocenters. The lowest BCUT2D eigenvalue weighted by atomic mass is 10.00. The molecule has 0 aliphatic carbocycles. The molecule has 0 aromatic heterocycles. The van der Waals surface area contributed by atoms with E-state index in [2.05, 4.69) is 22.9 Å². The second-order valence-electron chi connectivity index (χ2n) is 10.00. The number of aliphatic hydroxyl groups is 1. The molecular weight excluding hydrogens is 536 g/mol. The molecule has 0 unspecified atom stereocenters. The summed E-state index contributed by atoms with van der Waals surface area (Å²) in [7, 11) is -3.42. The largest absolute Gasteiger partial charge is 0.390 e. The van der Waals surface area contributed by atoms with Gasteiger partial charge in [-0.1, -0.05) is 56.5 Å². The number of halogens is 1. The first-order valence-electron chi connectivity index (χ1n) is 14.0. The third-order valence-corrected chi connectivity index (χ3v) is 8.71. The third-order valence-electron chi connectivity index (χ3n) is 6.84. The predicted molar refractivity (Wildman–Crippen MR) is 163 cm³/mol. The Labute approximate surface area is 240 Å². The Hall–Kier alpha value is -2.33. The van der Waals surface area contributed by atoms with E-state index < -0.39 is 22.2 Å². The van der Waals surface area contributed by atoms with Crippen molar-refractivity contribution in [1.82, 2.24) is 10.6 Å². The summed E-state index contributed by atoms with van der Waals surface area (Å²) in [6.45, 7) is 6.36. The summed E-state index contributed by atoms with van der Waals surface area (Å²) >= 11 is 0. The summed E-state index contributed by atoms with van der Waals surface area (Å²) in [5.41, 5.74) is 2.55. The van der Waals surface area contributed by atoms with E-state index in [1.54, 1.807) is 18.2 Å². The molecule has 218 valence electrons. The third kappa shape index (κ3) is 10.3. The van der Waals surface area contributed by atoms with Crippen LogP contribution in [0, 0.1) is 0 Å². The zero-order valence-electron chi connectivity index (χ0n) is 23.2. The van der Waals surface area contributed by atoms with Crippen LogP contribution in [0.15, 0.2) is 48.5 Å². The topological polar surface area (TPSA) is 111 Å². The highest BCUT2D eigenvalue weighted by atomic mass is 35.5. The maximum Gasteiger partial charge on any atom is 0.251 e. The summed E-state index contributed by atoms with van der Waals surface area (Å²) in [5, 5.41) is 20.6. The fourth-order valence-corrected chi connectivity index (χ4v) is 6.37. The van der Waals surface area contributed by atoms with Gasteiger partial charge >= 0.3 is 0 Å². The summed E-state index contributed by atoms with van der Waals surface area (Å²) in [6, 6.07) is 14.4. The summed E-state index contributed by atoms with van der Waals surface area (Å²) in [5.74, 6) is -0.236. The molecule has 4 N–H and O–H groups in total. The van der Waals surface area contributed by atoms with Crippen molar-refractivity contribution in [3.63, 3.8) is 0 Å². The smallest absolute Gasteiger partial charge is 0.251 e. The van der Waals surface area contributed by atoms with Gasteiger partial charge in [0.25, 0.3) is 5.91 Å². The molecule has 0 radical (unpaired) electrons. The average molecular weight is 581 g/mol. The lowest BCUT2D eigenvalue weighted by Crippen LogP contribution is -2.49. The predicted octanol–water partition coefficient (Wildman–Crippen LogP) is 4.34. The first-order valence-corrected chi connectivity index (χ1v) is 15.6. The molecule has 3 rings (SSSR count). The Bertz CT molecular complexity index is 1120. The number of unbranched alkanes of at least 4 members (excludes halogenated alkanes) is 3. The molecule has 0 saturated carbocycles. The number of hydrogen-bond donors (Lipinski definition) is 4. The molecule has 1 amide bonds. The molecule has 39 heavy (non-hydrogen) atoms. The Balaban J connectivity index is 0.00000533. The van der Waals surface area contributed by atoms with Gasteiger partial charge in [-0.25, -0.2) is 8.42 Å². The van der Waals surface area contributed by atoms with Crippen molar-refractivity contribution in [2.75, 3.05) is 41.6 Å². The maximum atomic E-state index is 13.5. The van der Waals surface area contributed by atoms with Crippen LogP contribution in [0.2, 0.25) is 0 Å². The molecule has 1 heterocycles. The zero-order valence-corrected chi connectivity index (χ0v) is 24.8. The van der Waals surface area contributed by atoms with Gasteiger partial charge in [0, 0.05) is 30.9 Å². The van der Waals surface area contributed by atoms with Gasteiger partial charge in [0.2, 0.25) is 10.0 Å². The standard InChI is InChI=1S/C29H44N4O4S.ClH/c1-3-5-6-10-15-30-22-28(34)27(18-23-13-8-7-9-14-23)32-29(35)24-19-25(31-4-2)21-26(20-24)33-16-11-12-17-38(33,36)37;/h7-9,13-14,19-21,27-28,30-31,34H,3-6,10-12,15-18,22H2,1-2H3,(H,32,35);1H/t27-,28+;/m0./s1. The highest BCUT2D eigenvalue weighted by Crippen LogP contribution is 2.28. The first kappa shape index (κ1) is 32.9. The van der Waals surface area contributed by atoms with Crippen molar-refractivity contribution in [2.24, 2.45) is 0 Å². The number of carbonyl (C=O) groups is 1. The average Bonchev–Trinajstić information content (AvgIpc) is 2.90. The number of sulfonamides is 1. The summed E-state index contributed by atoms with van der Waals surface area (Å²) in [6.07, 6.45) is 5.69. The highest BCUT2D eigenvalue weighted by molar-refractivity contribution is 7.92. The van der Waals surface area contributed by atoms with Crippen molar-refractivity contribution in [3.8, 4) is 0 Å². The first-order chi connectivity index (χ1) is 18.3. The van der Waals surface area contributed by atoms with Gasteiger partial charge in [-0.3, -0.25) is 9.10 Å². The molecule has 0 bridgehead atoms. The van der Waals surface area contributed by atoms with Gasteiger partial charge in [0.05, 0.1) is 23.6 Å². The Morgan fingerprint density at radius 1 is 1.05 bits per heavy atom.